The zero-order valence-electron chi connectivity index (χ0n) is 15.8. The summed E-state index contributed by atoms with van der Waals surface area (Å²) in [4.78, 5) is 21.3. The van der Waals surface area contributed by atoms with E-state index >= 15 is 0 Å². The zero-order valence-corrected chi connectivity index (χ0v) is 15.8. The first kappa shape index (κ1) is 15.9. The fourth-order valence-electron chi connectivity index (χ4n) is 7.00. The molecule has 7 rings (SSSR count). The predicted octanol–water partition coefficient (Wildman–Crippen LogP) is 4.86. The number of nitrogens with one attached hydrogen (secondary N) is 1. The highest BCUT2D eigenvalue weighted by atomic mass is 16.1. The summed E-state index contributed by atoms with van der Waals surface area (Å²) in [5.74, 6) is 4.90. The van der Waals surface area contributed by atoms with Crippen molar-refractivity contribution < 1.29 is 0 Å². The maximum atomic E-state index is 12.9. The van der Waals surface area contributed by atoms with Crippen LogP contribution < -0.4 is 5.56 Å². The molecule has 0 amide bonds. The minimum atomic E-state index is 0.0570. The van der Waals surface area contributed by atoms with Crippen LogP contribution in [0.4, 0.5) is 0 Å². The molecule has 1 heterocycles. The molecule has 3 heteroatoms. The number of rotatable bonds is 2. The van der Waals surface area contributed by atoms with Crippen LogP contribution in [0.25, 0.3) is 6.08 Å². The molecular formula is C24H26N2O. The molecule has 1 aromatic carbocycles. The number of hydrogen-bond acceptors (Lipinski definition) is 2. The van der Waals surface area contributed by atoms with E-state index in [-0.39, 0.29) is 11.5 Å². The first-order chi connectivity index (χ1) is 13.2. The zero-order chi connectivity index (χ0) is 18.1. The fraction of sp³-hybridized carbons (Fsp3) is 0.500. The lowest BCUT2D eigenvalue weighted by molar-refractivity contribution is -0.00579. The summed E-state index contributed by atoms with van der Waals surface area (Å²) in [6, 6.07) is 10.5. The fourth-order valence-corrected chi connectivity index (χ4v) is 7.00. The van der Waals surface area contributed by atoms with Crippen molar-refractivity contribution in [1.29, 1.82) is 0 Å². The van der Waals surface area contributed by atoms with Gasteiger partial charge in [-0.3, -0.25) is 4.79 Å². The van der Waals surface area contributed by atoms with E-state index in [0.717, 1.165) is 40.8 Å². The van der Waals surface area contributed by atoms with Crippen molar-refractivity contribution in [2.45, 2.75) is 50.9 Å². The standard InChI is InChI=1S/C24H26N2O/c1-13-7-19-22(20(13)16-5-3-2-4-6-16)25-23(26-24(19)27)21-17-9-14-8-15(11-17)12-18(21)10-14/h2-7,14-15,17-18,20-21H,8-12H2,1H3,(H,25,26,27). The highest BCUT2D eigenvalue weighted by Gasteiger charge is 2.49. The molecule has 138 valence electrons. The number of allylic oxidation sites excluding steroid dienone is 1. The summed E-state index contributed by atoms with van der Waals surface area (Å²) in [6.45, 7) is 2.13. The number of fused-ring (bicyclic) bond motifs is 1. The second-order valence-corrected chi connectivity index (χ2v) is 9.44. The molecule has 5 aliphatic rings. The van der Waals surface area contributed by atoms with Crippen LogP contribution in [0.15, 0.2) is 40.7 Å². The Bertz CT molecular complexity index is 959. The Hall–Kier alpha value is -2.16. The van der Waals surface area contributed by atoms with Crippen LogP contribution in [0, 0.1) is 23.7 Å². The Labute approximate surface area is 159 Å². The molecule has 5 aliphatic carbocycles. The molecule has 1 N–H and O–H groups in total. The number of H-pyrrole nitrogens is 1. The van der Waals surface area contributed by atoms with Gasteiger partial charge in [-0.05, 0) is 74.3 Å². The highest BCUT2D eigenvalue weighted by molar-refractivity contribution is 5.66. The topological polar surface area (TPSA) is 45.8 Å². The molecule has 1 atom stereocenters. The van der Waals surface area contributed by atoms with Gasteiger partial charge in [0, 0.05) is 11.8 Å². The summed E-state index contributed by atoms with van der Waals surface area (Å²) < 4.78 is 0. The quantitative estimate of drug-likeness (QED) is 0.833. The molecule has 2 aromatic rings. The Kier molecular flexibility index (Phi) is 3.33. The second kappa shape index (κ2) is 5.67. The molecule has 4 saturated carbocycles. The Morgan fingerprint density at radius 2 is 1.63 bits per heavy atom. The molecule has 1 aromatic heterocycles. The van der Waals surface area contributed by atoms with Crippen molar-refractivity contribution in [2.75, 3.05) is 0 Å². The summed E-state index contributed by atoms with van der Waals surface area (Å²) in [7, 11) is 0. The maximum absolute atomic E-state index is 12.9. The van der Waals surface area contributed by atoms with E-state index < -0.39 is 0 Å². The molecule has 1 unspecified atom stereocenters. The van der Waals surface area contributed by atoms with Gasteiger partial charge in [0.05, 0.1) is 11.3 Å². The lowest BCUT2D eigenvalue weighted by Gasteiger charge is -2.54. The Morgan fingerprint density at radius 3 is 2.30 bits per heavy atom. The van der Waals surface area contributed by atoms with Crippen LogP contribution in [-0.2, 0) is 0 Å². The molecule has 0 radical (unpaired) electrons. The van der Waals surface area contributed by atoms with E-state index in [1.54, 1.807) is 0 Å². The van der Waals surface area contributed by atoms with Crippen LogP contribution in [0.3, 0.4) is 0 Å². The van der Waals surface area contributed by atoms with Crippen LogP contribution >= 0.6 is 0 Å². The summed E-state index contributed by atoms with van der Waals surface area (Å²) in [5.41, 5.74) is 4.26. The van der Waals surface area contributed by atoms with E-state index in [9.17, 15) is 4.79 Å². The smallest absolute Gasteiger partial charge is 0.258 e. The van der Waals surface area contributed by atoms with Gasteiger partial charge in [-0.25, -0.2) is 4.98 Å². The number of hydrogen-bond donors (Lipinski definition) is 1. The first-order valence-electron chi connectivity index (χ1n) is 10.5. The van der Waals surface area contributed by atoms with Crippen molar-refractivity contribution >= 4 is 6.08 Å². The van der Waals surface area contributed by atoms with Crippen molar-refractivity contribution in [3.63, 3.8) is 0 Å². The number of aromatic nitrogens is 2. The van der Waals surface area contributed by atoms with Gasteiger partial charge in [0.25, 0.3) is 5.56 Å². The van der Waals surface area contributed by atoms with Crippen LogP contribution in [0.5, 0.6) is 0 Å². The Balaban J connectivity index is 1.45. The SMILES string of the molecule is CC1=Cc2c(nc(C3C4CC5CC(C4)CC3C5)[nH]c2=O)C1c1ccccc1. The third kappa shape index (κ3) is 2.33. The third-order valence-electron chi connectivity index (χ3n) is 7.78. The van der Waals surface area contributed by atoms with Gasteiger partial charge in [0.2, 0.25) is 0 Å². The van der Waals surface area contributed by atoms with Crippen LogP contribution in [-0.4, -0.2) is 9.97 Å². The van der Waals surface area contributed by atoms with E-state index in [1.165, 1.54) is 43.2 Å². The van der Waals surface area contributed by atoms with Crippen LogP contribution in [0.1, 0.15) is 73.5 Å². The van der Waals surface area contributed by atoms with Crippen molar-refractivity contribution in [3.8, 4) is 0 Å². The predicted molar refractivity (Wildman–Crippen MR) is 107 cm³/mol. The van der Waals surface area contributed by atoms with E-state index in [2.05, 4.69) is 36.2 Å². The summed E-state index contributed by atoms with van der Waals surface area (Å²) in [5, 5.41) is 0. The maximum Gasteiger partial charge on any atom is 0.258 e. The molecule has 0 aliphatic heterocycles. The van der Waals surface area contributed by atoms with Gasteiger partial charge >= 0.3 is 0 Å². The van der Waals surface area contributed by atoms with Crippen molar-refractivity contribution in [3.05, 3.63) is 68.9 Å². The number of nitrogens with zero attached hydrogens (tertiary/aromatic N) is 1. The summed E-state index contributed by atoms with van der Waals surface area (Å²) in [6.07, 6.45) is 8.87. The van der Waals surface area contributed by atoms with E-state index in [4.69, 9.17) is 4.98 Å². The molecule has 0 spiro atoms. The van der Waals surface area contributed by atoms with Crippen LogP contribution in [0.2, 0.25) is 0 Å². The average Bonchev–Trinajstić information content (AvgIpc) is 2.98. The van der Waals surface area contributed by atoms with Crippen molar-refractivity contribution in [2.24, 2.45) is 23.7 Å². The largest absolute Gasteiger partial charge is 0.310 e. The van der Waals surface area contributed by atoms with Gasteiger partial charge in [-0.2, -0.15) is 0 Å². The molecule has 27 heavy (non-hydrogen) atoms. The van der Waals surface area contributed by atoms with E-state index in [0.29, 0.717) is 5.92 Å². The monoisotopic (exact) mass is 358 g/mol. The van der Waals surface area contributed by atoms with Gasteiger partial charge in [0.1, 0.15) is 5.82 Å². The third-order valence-corrected chi connectivity index (χ3v) is 7.78. The van der Waals surface area contributed by atoms with Gasteiger partial charge in [-0.15, -0.1) is 0 Å². The molecule has 4 fully saturated rings. The molecule has 4 bridgehead atoms. The molecular weight excluding hydrogens is 332 g/mol. The summed E-state index contributed by atoms with van der Waals surface area (Å²) >= 11 is 0. The van der Waals surface area contributed by atoms with Gasteiger partial charge < -0.3 is 4.98 Å². The van der Waals surface area contributed by atoms with Gasteiger partial charge in [0.15, 0.2) is 0 Å². The number of aromatic amines is 1. The minimum absolute atomic E-state index is 0.0570. The second-order valence-electron chi connectivity index (χ2n) is 9.44. The number of benzene rings is 1. The average molecular weight is 358 g/mol. The Morgan fingerprint density at radius 1 is 0.963 bits per heavy atom. The normalized spacial score (nSPS) is 36.0. The highest BCUT2D eigenvalue weighted by Crippen LogP contribution is 2.59. The lowest BCUT2D eigenvalue weighted by atomic mass is 9.51. The van der Waals surface area contributed by atoms with Gasteiger partial charge in [-0.1, -0.05) is 35.9 Å². The molecule has 0 saturated heterocycles. The minimum Gasteiger partial charge on any atom is -0.310 e. The lowest BCUT2D eigenvalue weighted by Crippen LogP contribution is -2.44. The van der Waals surface area contributed by atoms with E-state index in [1.807, 2.05) is 12.1 Å². The first-order valence-corrected chi connectivity index (χ1v) is 10.5. The van der Waals surface area contributed by atoms with Crippen molar-refractivity contribution in [1.82, 2.24) is 9.97 Å². The molecule has 3 nitrogen and oxygen atoms in total.